The van der Waals surface area contributed by atoms with Gasteiger partial charge in [-0.25, -0.2) is 4.68 Å². The first-order valence-corrected chi connectivity index (χ1v) is 8.73. The smallest absolute Gasteiger partial charge is 0.283 e. The molecule has 0 aliphatic carbocycles. The number of hydrogen-bond donors (Lipinski definition) is 1. The molecule has 118 valence electrons. The summed E-state index contributed by atoms with van der Waals surface area (Å²) in [6.45, 7) is 7.04. The summed E-state index contributed by atoms with van der Waals surface area (Å²) in [6.07, 6.45) is 7.74. The van der Waals surface area contributed by atoms with E-state index in [0.29, 0.717) is 11.0 Å². The first-order chi connectivity index (χ1) is 10.2. The summed E-state index contributed by atoms with van der Waals surface area (Å²) in [6, 6.07) is 0. The molecule has 0 spiro atoms. The number of halogens is 1. The Hall–Kier alpha value is -0.880. The fourth-order valence-corrected chi connectivity index (χ4v) is 3.03. The molecule has 1 N–H and O–H groups in total. The molecule has 0 saturated carbocycles. The molecule has 1 aliphatic heterocycles. The standard InChI is InChI=1S/C15H25BrN4O/c1-2-3-10-20-15(21)14(16)13(12-18-20)17-7-11-19-8-5-4-6-9-19/h12,17H,2-11H2,1H3. The molecule has 1 fully saturated rings. The number of anilines is 1. The molecule has 1 aromatic rings. The first-order valence-electron chi connectivity index (χ1n) is 7.94. The minimum absolute atomic E-state index is 0.0496. The molecule has 0 radical (unpaired) electrons. The number of likely N-dealkylation sites (tertiary alicyclic amines) is 1. The lowest BCUT2D eigenvalue weighted by Gasteiger charge is -2.26. The van der Waals surface area contributed by atoms with Crippen molar-refractivity contribution in [3.63, 3.8) is 0 Å². The summed E-state index contributed by atoms with van der Waals surface area (Å²) < 4.78 is 2.12. The molecule has 0 amide bonds. The van der Waals surface area contributed by atoms with Crippen molar-refractivity contribution in [1.29, 1.82) is 0 Å². The van der Waals surface area contributed by atoms with Crippen LogP contribution in [0.1, 0.15) is 39.0 Å². The fourth-order valence-electron chi connectivity index (χ4n) is 2.59. The second-order valence-corrected chi connectivity index (χ2v) is 6.38. The van der Waals surface area contributed by atoms with E-state index in [0.717, 1.165) is 31.6 Å². The third-order valence-electron chi connectivity index (χ3n) is 3.90. The Labute approximate surface area is 134 Å². The van der Waals surface area contributed by atoms with E-state index >= 15 is 0 Å². The van der Waals surface area contributed by atoms with Crippen LogP contribution in [0, 0.1) is 0 Å². The Morgan fingerprint density at radius 1 is 1.29 bits per heavy atom. The third-order valence-corrected chi connectivity index (χ3v) is 4.67. The molecule has 0 atom stereocenters. The zero-order valence-electron chi connectivity index (χ0n) is 12.8. The van der Waals surface area contributed by atoms with Crippen molar-refractivity contribution >= 4 is 21.6 Å². The Morgan fingerprint density at radius 2 is 2.05 bits per heavy atom. The van der Waals surface area contributed by atoms with Gasteiger partial charge in [-0.3, -0.25) is 4.79 Å². The van der Waals surface area contributed by atoms with Crippen LogP contribution >= 0.6 is 15.9 Å². The largest absolute Gasteiger partial charge is 0.381 e. The molecule has 0 unspecified atom stereocenters. The van der Waals surface area contributed by atoms with Gasteiger partial charge in [-0.1, -0.05) is 19.8 Å². The average Bonchev–Trinajstić information content (AvgIpc) is 2.52. The summed E-state index contributed by atoms with van der Waals surface area (Å²) in [5.74, 6) is 0. The van der Waals surface area contributed by atoms with Crippen molar-refractivity contribution in [2.24, 2.45) is 0 Å². The fraction of sp³-hybridized carbons (Fsp3) is 0.733. The van der Waals surface area contributed by atoms with E-state index < -0.39 is 0 Å². The summed E-state index contributed by atoms with van der Waals surface area (Å²) in [7, 11) is 0. The molecule has 0 bridgehead atoms. The lowest BCUT2D eigenvalue weighted by Crippen LogP contribution is -2.34. The lowest BCUT2D eigenvalue weighted by atomic mass is 10.1. The normalized spacial score (nSPS) is 16.1. The third kappa shape index (κ3) is 4.81. The topological polar surface area (TPSA) is 50.2 Å². The zero-order chi connectivity index (χ0) is 15.1. The van der Waals surface area contributed by atoms with Crippen molar-refractivity contribution in [2.75, 3.05) is 31.5 Å². The molecular weight excluding hydrogens is 332 g/mol. The van der Waals surface area contributed by atoms with E-state index in [4.69, 9.17) is 0 Å². The molecule has 6 heteroatoms. The van der Waals surface area contributed by atoms with E-state index in [1.54, 1.807) is 6.20 Å². The number of hydrogen-bond acceptors (Lipinski definition) is 4. The summed E-state index contributed by atoms with van der Waals surface area (Å²) in [4.78, 5) is 14.6. The van der Waals surface area contributed by atoms with E-state index in [1.165, 1.54) is 37.0 Å². The number of nitrogens with zero attached hydrogens (tertiary/aromatic N) is 3. The van der Waals surface area contributed by atoms with E-state index in [9.17, 15) is 4.79 Å². The molecule has 0 aromatic carbocycles. The van der Waals surface area contributed by atoms with Gasteiger partial charge in [-0.05, 0) is 48.3 Å². The number of rotatable bonds is 7. The van der Waals surface area contributed by atoms with Crippen LogP contribution in [-0.2, 0) is 6.54 Å². The highest BCUT2D eigenvalue weighted by atomic mass is 79.9. The Balaban J connectivity index is 1.88. The number of nitrogens with one attached hydrogen (secondary N) is 1. The van der Waals surface area contributed by atoms with Crippen LogP contribution in [0.3, 0.4) is 0 Å². The quantitative estimate of drug-likeness (QED) is 0.815. The highest BCUT2D eigenvalue weighted by molar-refractivity contribution is 9.10. The number of unbranched alkanes of at least 4 members (excludes halogenated alkanes) is 1. The minimum Gasteiger partial charge on any atom is -0.381 e. The predicted molar refractivity (Wildman–Crippen MR) is 89.9 cm³/mol. The van der Waals surface area contributed by atoms with Crippen molar-refractivity contribution in [3.8, 4) is 0 Å². The number of piperidine rings is 1. The van der Waals surface area contributed by atoms with Crippen LogP contribution < -0.4 is 10.9 Å². The Morgan fingerprint density at radius 3 is 2.76 bits per heavy atom. The second-order valence-electron chi connectivity index (χ2n) is 5.58. The molecule has 1 saturated heterocycles. The monoisotopic (exact) mass is 356 g/mol. The van der Waals surface area contributed by atoms with Gasteiger partial charge >= 0.3 is 0 Å². The zero-order valence-corrected chi connectivity index (χ0v) is 14.4. The SMILES string of the molecule is CCCCn1ncc(NCCN2CCCCC2)c(Br)c1=O. The maximum absolute atomic E-state index is 12.2. The summed E-state index contributed by atoms with van der Waals surface area (Å²) >= 11 is 3.40. The van der Waals surface area contributed by atoms with Crippen LogP contribution in [0.4, 0.5) is 5.69 Å². The van der Waals surface area contributed by atoms with Crippen molar-refractivity contribution < 1.29 is 0 Å². The summed E-state index contributed by atoms with van der Waals surface area (Å²) in [5.41, 5.74) is 0.746. The Bertz CT molecular complexity index is 497. The highest BCUT2D eigenvalue weighted by Gasteiger charge is 2.11. The van der Waals surface area contributed by atoms with Crippen LogP contribution in [-0.4, -0.2) is 40.9 Å². The van der Waals surface area contributed by atoms with E-state index in [1.807, 2.05) is 0 Å². The van der Waals surface area contributed by atoms with E-state index in [-0.39, 0.29) is 5.56 Å². The number of aromatic nitrogens is 2. The van der Waals surface area contributed by atoms with Gasteiger partial charge in [0.25, 0.3) is 5.56 Å². The lowest BCUT2D eigenvalue weighted by molar-refractivity contribution is 0.237. The van der Waals surface area contributed by atoms with Crippen LogP contribution in [0.2, 0.25) is 0 Å². The van der Waals surface area contributed by atoms with Gasteiger partial charge in [-0.15, -0.1) is 0 Å². The molecule has 1 aliphatic rings. The van der Waals surface area contributed by atoms with Gasteiger partial charge in [0.05, 0.1) is 11.9 Å². The average molecular weight is 357 g/mol. The van der Waals surface area contributed by atoms with Crippen LogP contribution in [0.15, 0.2) is 15.5 Å². The second kappa shape index (κ2) is 8.54. The molecule has 2 heterocycles. The van der Waals surface area contributed by atoms with Gasteiger partial charge in [0.2, 0.25) is 0 Å². The van der Waals surface area contributed by atoms with Gasteiger partial charge in [0.15, 0.2) is 0 Å². The van der Waals surface area contributed by atoms with Gasteiger partial charge in [0, 0.05) is 19.6 Å². The van der Waals surface area contributed by atoms with E-state index in [2.05, 4.69) is 38.2 Å². The first kappa shape index (κ1) is 16.5. The maximum atomic E-state index is 12.2. The van der Waals surface area contributed by atoms with Crippen molar-refractivity contribution in [1.82, 2.24) is 14.7 Å². The highest BCUT2D eigenvalue weighted by Crippen LogP contribution is 2.16. The molecule has 21 heavy (non-hydrogen) atoms. The van der Waals surface area contributed by atoms with Crippen molar-refractivity contribution in [3.05, 3.63) is 21.0 Å². The molecule has 5 nitrogen and oxygen atoms in total. The summed E-state index contributed by atoms with van der Waals surface area (Å²) in [5, 5.41) is 7.56. The van der Waals surface area contributed by atoms with Gasteiger partial charge in [0.1, 0.15) is 4.47 Å². The minimum atomic E-state index is -0.0496. The van der Waals surface area contributed by atoms with Gasteiger partial charge < -0.3 is 10.2 Å². The Kier molecular flexibility index (Phi) is 6.70. The molecule has 2 rings (SSSR count). The van der Waals surface area contributed by atoms with Crippen LogP contribution in [0.5, 0.6) is 0 Å². The predicted octanol–water partition coefficient (Wildman–Crippen LogP) is 2.70. The van der Waals surface area contributed by atoms with Gasteiger partial charge in [-0.2, -0.15) is 5.10 Å². The van der Waals surface area contributed by atoms with Crippen molar-refractivity contribution in [2.45, 2.75) is 45.6 Å². The molecule has 1 aromatic heterocycles. The number of aryl methyl sites for hydroxylation is 1. The maximum Gasteiger partial charge on any atom is 0.283 e. The molecular formula is C15H25BrN4O. The van der Waals surface area contributed by atoms with Crippen LogP contribution in [0.25, 0.3) is 0 Å².